The molecule has 0 radical (unpaired) electrons. The fourth-order valence-corrected chi connectivity index (χ4v) is 1.76. The van der Waals surface area contributed by atoms with Crippen LogP contribution in [-0.2, 0) is 9.53 Å². The van der Waals surface area contributed by atoms with E-state index in [9.17, 15) is 14.3 Å². The van der Waals surface area contributed by atoms with Gasteiger partial charge in [0, 0.05) is 13.2 Å². The number of rotatable bonds is 8. The molecule has 0 fully saturated rings. The van der Waals surface area contributed by atoms with Crippen molar-refractivity contribution in [2.24, 2.45) is 0 Å². The van der Waals surface area contributed by atoms with E-state index in [0.29, 0.717) is 30.9 Å². The van der Waals surface area contributed by atoms with E-state index in [4.69, 9.17) is 4.74 Å². The monoisotopic (exact) mass is 269 g/mol. The highest BCUT2D eigenvalue weighted by molar-refractivity contribution is 5.75. The Morgan fingerprint density at radius 3 is 2.84 bits per heavy atom. The molecule has 0 heterocycles. The van der Waals surface area contributed by atoms with Gasteiger partial charge in [-0.1, -0.05) is 12.1 Å². The summed E-state index contributed by atoms with van der Waals surface area (Å²) in [6, 6.07) is 3.53. The molecule has 1 aromatic carbocycles. The lowest BCUT2D eigenvalue weighted by Crippen LogP contribution is -2.30. The molecular weight excluding hydrogens is 249 g/mol. The third-order valence-electron chi connectivity index (χ3n) is 2.78. The summed E-state index contributed by atoms with van der Waals surface area (Å²) in [7, 11) is 0. The zero-order valence-corrected chi connectivity index (χ0v) is 11.3. The number of halogens is 1. The van der Waals surface area contributed by atoms with E-state index in [2.05, 4.69) is 5.32 Å². The minimum atomic E-state index is -0.970. The van der Waals surface area contributed by atoms with Crippen molar-refractivity contribution in [3.63, 3.8) is 0 Å². The van der Waals surface area contributed by atoms with Crippen molar-refractivity contribution >= 4 is 5.97 Å². The summed E-state index contributed by atoms with van der Waals surface area (Å²) in [5.41, 5.74) is 1.00. The van der Waals surface area contributed by atoms with Crippen LogP contribution in [0, 0.1) is 12.7 Å². The summed E-state index contributed by atoms with van der Waals surface area (Å²) in [6.45, 7) is 5.31. The topological polar surface area (TPSA) is 58.6 Å². The first-order chi connectivity index (χ1) is 9.06. The van der Waals surface area contributed by atoms with Crippen molar-refractivity contribution in [2.75, 3.05) is 19.8 Å². The maximum atomic E-state index is 13.2. The van der Waals surface area contributed by atoms with Crippen LogP contribution >= 0.6 is 0 Å². The number of benzene rings is 1. The number of carboxylic acid groups (broad SMARTS) is 1. The van der Waals surface area contributed by atoms with E-state index in [0.717, 1.165) is 6.42 Å². The molecule has 1 atom stereocenters. The van der Waals surface area contributed by atoms with Crippen LogP contribution in [0.25, 0.3) is 0 Å². The predicted octanol–water partition coefficient (Wildman–Crippen LogP) is 2.28. The number of carboxylic acids is 1. The molecular formula is C14H20FNO3. The summed E-state index contributed by atoms with van der Waals surface area (Å²) in [5, 5.41) is 12.1. The molecule has 0 aromatic heterocycles. The van der Waals surface area contributed by atoms with Gasteiger partial charge in [0.1, 0.15) is 11.9 Å². The van der Waals surface area contributed by atoms with Crippen molar-refractivity contribution < 1.29 is 19.0 Å². The van der Waals surface area contributed by atoms with Crippen LogP contribution in [0.4, 0.5) is 4.39 Å². The van der Waals surface area contributed by atoms with Crippen molar-refractivity contribution in [1.82, 2.24) is 5.32 Å². The van der Waals surface area contributed by atoms with Gasteiger partial charge in [0.15, 0.2) is 0 Å². The largest absolute Gasteiger partial charge is 0.480 e. The predicted molar refractivity (Wildman–Crippen MR) is 70.6 cm³/mol. The van der Waals surface area contributed by atoms with Gasteiger partial charge in [-0.2, -0.15) is 0 Å². The summed E-state index contributed by atoms with van der Waals surface area (Å²) < 4.78 is 18.3. The molecule has 1 rings (SSSR count). The average Bonchev–Trinajstić information content (AvgIpc) is 2.37. The number of hydrogen-bond acceptors (Lipinski definition) is 3. The molecule has 0 saturated heterocycles. The second-order valence-corrected chi connectivity index (χ2v) is 4.28. The summed E-state index contributed by atoms with van der Waals surface area (Å²) >= 11 is 0. The summed E-state index contributed by atoms with van der Waals surface area (Å²) in [4.78, 5) is 11.2. The first kappa shape index (κ1) is 15.6. The molecule has 0 saturated carbocycles. The average molecular weight is 269 g/mol. The SMILES string of the molecule is CCOCCCNC(C(=O)O)c1ccc(F)c(C)c1. The molecule has 1 unspecified atom stereocenters. The van der Waals surface area contributed by atoms with Crippen LogP contribution in [0.5, 0.6) is 0 Å². The van der Waals surface area contributed by atoms with E-state index in [1.54, 1.807) is 13.0 Å². The highest BCUT2D eigenvalue weighted by atomic mass is 19.1. The molecule has 4 nitrogen and oxygen atoms in total. The van der Waals surface area contributed by atoms with Gasteiger partial charge in [-0.05, 0) is 44.0 Å². The lowest BCUT2D eigenvalue weighted by atomic mass is 10.0. The first-order valence-corrected chi connectivity index (χ1v) is 6.36. The molecule has 0 aliphatic rings. The number of aliphatic carboxylic acids is 1. The van der Waals surface area contributed by atoms with Gasteiger partial charge in [0.05, 0.1) is 0 Å². The Bertz CT molecular complexity index is 423. The minimum absolute atomic E-state index is 0.329. The van der Waals surface area contributed by atoms with Crippen LogP contribution in [0.1, 0.15) is 30.5 Å². The Hall–Kier alpha value is -1.46. The molecule has 0 bridgehead atoms. The molecule has 0 amide bonds. The van der Waals surface area contributed by atoms with Gasteiger partial charge >= 0.3 is 5.97 Å². The summed E-state index contributed by atoms with van der Waals surface area (Å²) in [6.07, 6.45) is 0.734. The van der Waals surface area contributed by atoms with Crippen LogP contribution in [0.15, 0.2) is 18.2 Å². The van der Waals surface area contributed by atoms with Gasteiger partial charge in [-0.25, -0.2) is 4.39 Å². The Morgan fingerprint density at radius 2 is 2.26 bits per heavy atom. The number of ether oxygens (including phenoxy) is 1. The highest BCUT2D eigenvalue weighted by Crippen LogP contribution is 2.17. The molecule has 0 aliphatic carbocycles. The maximum absolute atomic E-state index is 13.2. The molecule has 19 heavy (non-hydrogen) atoms. The Labute approximate surface area is 112 Å². The third-order valence-corrected chi connectivity index (χ3v) is 2.78. The van der Waals surface area contributed by atoms with Crippen LogP contribution in [0.2, 0.25) is 0 Å². The van der Waals surface area contributed by atoms with E-state index in [-0.39, 0.29) is 5.82 Å². The quantitative estimate of drug-likeness (QED) is 0.711. The molecule has 2 N–H and O–H groups in total. The first-order valence-electron chi connectivity index (χ1n) is 6.36. The number of hydrogen-bond donors (Lipinski definition) is 2. The molecule has 1 aromatic rings. The number of nitrogens with one attached hydrogen (secondary N) is 1. The standard InChI is InChI=1S/C14H20FNO3/c1-3-19-8-4-7-16-13(14(17)18)11-5-6-12(15)10(2)9-11/h5-6,9,13,16H,3-4,7-8H2,1-2H3,(H,17,18). The molecule has 5 heteroatoms. The van der Waals surface area contributed by atoms with Crippen LogP contribution in [0.3, 0.4) is 0 Å². The fourth-order valence-electron chi connectivity index (χ4n) is 1.76. The fraction of sp³-hybridized carbons (Fsp3) is 0.500. The molecule has 106 valence electrons. The van der Waals surface area contributed by atoms with Gasteiger partial charge in [-0.3, -0.25) is 4.79 Å². The number of aryl methyl sites for hydroxylation is 1. The van der Waals surface area contributed by atoms with Crippen molar-refractivity contribution in [2.45, 2.75) is 26.3 Å². The van der Waals surface area contributed by atoms with E-state index in [1.165, 1.54) is 12.1 Å². The maximum Gasteiger partial charge on any atom is 0.325 e. The second kappa shape index (κ2) is 7.86. The lowest BCUT2D eigenvalue weighted by molar-refractivity contribution is -0.139. The zero-order chi connectivity index (χ0) is 14.3. The second-order valence-electron chi connectivity index (χ2n) is 4.28. The normalized spacial score (nSPS) is 12.4. The smallest absolute Gasteiger partial charge is 0.325 e. The van der Waals surface area contributed by atoms with Crippen molar-refractivity contribution in [1.29, 1.82) is 0 Å². The lowest BCUT2D eigenvalue weighted by Gasteiger charge is -2.15. The third kappa shape index (κ3) is 4.96. The highest BCUT2D eigenvalue weighted by Gasteiger charge is 2.19. The zero-order valence-electron chi connectivity index (χ0n) is 11.3. The van der Waals surface area contributed by atoms with Crippen LogP contribution in [-0.4, -0.2) is 30.8 Å². The van der Waals surface area contributed by atoms with Gasteiger partial charge < -0.3 is 15.2 Å². The molecule has 0 aliphatic heterocycles. The van der Waals surface area contributed by atoms with Crippen molar-refractivity contribution in [3.05, 3.63) is 35.1 Å². The van der Waals surface area contributed by atoms with Gasteiger partial charge in [-0.15, -0.1) is 0 Å². The Balaban J connectivity index is 2.61. The van der Waals surface area contributed by atoms with E-state index < -0.39 is 12.0 Å². The Morgan fingerprint density at radius 1 is 1.53 bits per heavy atom. The van der Waals surface area contributed by atoms with Crippen LogP contribution < -0.4 is 5.32 Å². The minimum Gasteiger partial charge on any atom is -0.480 e. The van der Waals surface area contributed by atoms with E-state index >= 15 is 0 Å². The van der Waals surface area contributed by atoms with E-state index in [1.807, 2.05) is 6.92 Å². The van der Waals surface area contributed by atoms with Gasteiger partial charge in [0.25, 0.3) is 0 Å². The Kier molecular flexibility index (Phi) is 6.45. The number of carbonyl (C=O) groups is 1. The summed E-state index contributed by atoms with van der Waals surface area (Å²) in [5.74, 6) is -1.30. The van der Waals surface area contributed by atoms with Crippen molar-refractivity contribution in [3.8, 4) is 0 Å². The van der Waals surface area contributed by atoms with Gasteiger partial charge in [0.2, 0.25) is 0 Å². The molecule has 0 spiro atoms.